The van der Waals surface area contributed by atoms with Gasteiger partial charge in [0.25, 0.3) is 0 Å². The van der Waals surface area contributed by atoms with Gasteiger partial charge in [-0.3, -0.25) is 0 Å². The first-order valence-corrected chi connectivity index (χ1v) is 3.40. The van der Waals surface area contributed by atoms with Crippen molar-refractivity contribution in [2.24, 2.45) is 5.73 Å². The highest BCUT2D eigenvalue weighted by Gasteiger charge is 1.80. The highest BCUT2D eigenvalue weighted by Crippen LogP contribution is 1.76. The normalized spacial score (nSPS) is 14.6. The molecule has 0 aliphatic heterocycles. The molecule has 1 unspecified atom stereocenters. The maximum atomic E-state index is 5.46. The molecule has 54 valence electrons. The van der Waals surface area contributed by atoms with E-state index in [0.29, 0.717) is 0 Å². The van der Waals surface area contributed by atoms with Crippen molar-refractivity contribution < 1.29 is 0 Å². The minimum absolute atomic E-state index is 0.184. The summed E-state index contributed by atoms with van der Waals surface area (Å²) in [6.07, 6.45) is 4.04. The number of rotatable bonds is 4. The summed E-state index contributed by atoms with van der Waals surface area (Å²) in [6.45, 7) is 5.99. The monoisotopic (exact) mass is 128 g/mol. The first kappa shape index (κ1) is 8.66. The fourth-order valence-electron chi connectivity index (χ4n) is 0.510. The molecule has 9 heavy (non-hydrogen) atoms. The Morgan fingerprint density at radius 3 is 2.78 bits per heavy atom. The zero-order valence-electron chi connectivity index (χ0n) is 6.22. The van der Waals surface area contributed by atoms with Gasteiger partial charge in [-0.2, -0.15) is 0 Å². The lowest BCUT2D eigenvalue weighted by Gasteiger charge is -1.95. The quantitative estimate of drug-likeness (QED) is 0.427. The van der Waals surface area contributed by atoms with Crippen LogP contribution in [0, 0.1) is 0 Å². The molecule has 0 bridgehead atoms. The number of nitrogens with two attached hydrogens (primary N) is 1. The predicted molar refractivity (Wildman–Crippen MR) is 41.3 cm³/mol. The molecule has 0 saturated heterocycles. The molecule has 0 aliphatic carbocycles. The van der Waals surface area contributed by atoms with Gasteiger partial charge >= 0.3 is 0 Å². The average Bonchev–Trinajstić information content (AvgIpc) is 1.80. The van der Waals surface area contributed by atoms with Crippen molar-refractivity contribution in [3.8, 4) is 0 Å². The molecule has 2 heteroatoms. The highest BCUT2D eigenvalue weighted by molar-refractivity contribution is 4.89. The van der Waals surface area contributed by atoms with Gasteiger partial charge in [0, 0.05) is 12.6 Å². The number of hydrogen-bond donors (Lipinski definition) is 2. The number of likely N-dealkylation sites (N-methyl/N-ethyl adjacent to an activating group) is 1. The van der Waals surface area contributed by atoms with Gasteiger partial charge in [0.1, 0.15) is 0 Å². The third kappa shape index (κ3) is 7.66. The lowest BCUT2D eigenvalue weighted by molar-refractivity contribution is 0.793. The van der Waals surface area contributed by atoms with E-state index in [4.69, 9.17) is 5.73 Å². The summed E-state index contributed by atoms with van der Waals surface area (Å²) in [5.74, 6) is 0. The first-order chi connectivity index (χ1) is 4.27. The summed E-state index contributed by atoms with van der Waals surface area (Å²) in [6, 6.07) is 0.184. The summed E-state index contributed by atoms with van der Waals surface area (Å²) < 4.78 is 0. The van der Waals surface area contributed by atoms with E-state index in [0.717, 1.165) is 13.1 Å². The Morgan fingerprint density at radius 1 is 1.67 bits per heavy atom. The molecule has 0 fully saturated rings. The van der Waals surface area contributed by atoms with E-state index in [1.165, 1.54) is 0 Å². The van der Waals surface area contributed by atoms with Crippen molar-refractivity contribution in [1.29, 1.82) is 0 Å². The third-order valence-corrected chi connectivity index (χ3v) is 0.952. The van der Waals surface area contributed by atoms with Crippen LogP contribution in [0.25, 0.3) is 0 Å². The van der Waals surface area contributed by atoms with Crippen molar-refractivity contribution in [3.05, 3.63) is 12.2 Å². The van der Waals surface area contributed by atoms with Crippen LogP contribution in [-0.4, -0.2) is 19.1 Å². The summed E-state index contributed by atoms with van der Waals surface area (Å²) in [5, 5.41) is 3.16. The molecule has 0 radical (unpaired) electrons. The highest BCUT2D eigenvalue weighted by atomic mass is 14.8. The molecule has 2 nitrogen and oxygen atoms in total. The van der Waals surface area contributed by atoms with E-state index < -0.39 is 0 Å². The zero-order valence-corrected chi connectivity index (χ0v) is 6.22. The summed E-state index contributed by atoms with van der Waals surface area (Å²) in [7, 11) is 0. The van der Waals surface area contributed by atoms with Gasteiger partial charge in [-0.15, -0.1) is 0 Å². The van der Waals surface area contributed by atoms with Crippen LogP contribution in [0.4, 0.5) is 0 Å². The van der Waals surface area contributed by atoms with Gasteiger partial charge in [0.2, 0.25) is 0 Å². The standard InChI is InChI=1S/C7H16N2/c1-3-9-6-4-5-7(2)8/h4-5,7,9H,3,6,8H2,1-2H3/b5-4+. The van der Waals surface area contributed by atoms with Crippen LogP contribution < -0.4 is 11.1 Å². The second-order valence-electron chi connectivity index (χ2n) is 2.09. The second-order valence-corrected chi connectivity index (χ2v) is 2.09. The minimum atomic E-state index is 0.184. The van der Waals surface area contributed by atoms with E-state index in [1.54, 1.807) is 0 Å². The lowest BCUT2D eigenvalue weighted by Crippen LogP contribution is -2.14. The van der Waals surface area contributed by atoms with E-state index in [9.17, 15) is 0 Å². The van der Waals surface area contributed by atoms with E-state index in [2.05, 4.69) is 12.2 Å². The van der Waals surface area contributed by atoms with Gasteiger partial charge in [0.15, 0.2) is 0 Å². The Labute approximate surface area is 57.1 Å². The Hall–Kier alpha value is -0.340. The smallest absolute Gasteiger partial charge is 0.0195 e. The van der Waals surface area contributed by atoms with Crippen molar-refractivity contribution >= 4 is 0 Å². The van der Waals surface area contributed by atoms with E-state index in [-0.39, 0.29) is 6.04 Å². The molecule has 0 saturated carbocycles. The first-order valence-electron chi connectivity index (χ1n) is 3.40. The molecule has 0 aromatic carbocycles. The fourth-order valence-corrected chi connectivity index (χ4v) is 0.510. The second kappa shape index (κ2) is 5.79. The minimum Gasteiger partial charge on any atom is -0.325 e. The van der Waals surface area contributed by atoms with Crippen LogP contribution in [0.1, 0.15) is 13.8 Å². The van der Waals surface area contributed by atoms with Crippen molar-refractivity contribution in [2.45, 2.75) is 19.9 Å². The van der Waals surface area contributed by atoms with Crippen LogP contribution >= 0.6 is 0 Å². The molecular formula is C7H16N2. The fraction of sp³-hybridized carbons (Fsp3) is 0.714. The molecule has 0 aromatic heterocycles. The number of hydrogen-bond acceptors (Lipinski definition) is 2. The molecule has 1 atom stereocenters. The Kier molecular flexibility index (Phi) is 5.57. The maximum Gasteiger partial charge on any atom is 0.0195 e. The van der Waals surface area contributed by atoms with Gasteiger partial charge in [-0.05, 0) is 13.5 Å². The van der Waals surface area contributed by atoms with Crippen molar-refractivity contribution in [1.82, 2.24) is 5.32 Å². The SMILES string of the molecule is CCNC/C=C/C(C)N. The third-order valence-electron chi connectivity index (χ3n) is 0.952. The largest absolute Gasteiger partial charge is 0.325 e. The summed E-state index contributed by atoms with van der Waals surface area (Å²) in [4.78, 5) is 0. The Bertz CT molecular complexity index is 77.0. The number of nitrogens with one attached hydrogen (secondary N) is 1. The molecule has 0 spiro atoms. The van der Waals surface area contributed by atoms with Crippen LogP contribution in [0.2, 0.25) is 0 Å². The predicted octanol–water partition coefficient (Wildman–Crippen LogP) is 0.499. The molecule has 3 N–H and O–H groups in total. The molecule has 0 aliphatic rings. The summed E-state index contributed by atoms with van der Waals surface area (Å²) in [5.41, 5.74) is 5.46. The van der Waals surface area contributed by atoms with Crippen LogP contribution in [0.5, 0.6) is 0 Å². The van der Waals surface area contributed by atoms with Gasteiger partial charge in [0.05, 0.1) is 0 Å². The lowest BCUT2D eigenvalue weighted by atomic mass is 10.3. The van der Waals surface area contributed by atoms with E-state index >= 15 is 0 Å². The summed E-state index contributed by atoms with van der Waals surface area (Å²) >= 11 is 0. The van der Waals surface area contributed by atoms with Gasteiger partial charge < -0.3 is 11.1 Å². The molecule has 0 rings (SSSR count). The van der Waals surface area contributed by atoms with Gasteiger partial charge in [-0.25, -0.2) is 0 Å². The topological polar surface area (TPSA) is 38.0 Å². The molecule has 0 heterocycles. The van der Waals surface area contributed by atoms with Gasteiger partial charge in [-0.1, -0.05) is 19.1 Å². The van der Waals surface area contributed by atoms with Crippen LogP contribution in [-0.2, 0) is 0 Å². The van der Waals surface area contributed by atoms with Crippen molar-refractivity contribution in [3.63, 3.8) is 0 Å². The molecular weight excluding hydrogens is 112 g/mol. The zero-order chi connectivity index (χ0) is 7.11. The Morgan fingerprint density at radius 2 is 2.33 bits per heavy atom. The molecule has 0 amide bonds. The van der Waals surface area contributed by atoms with E-state index in [1.807, 2.05) is 19.1 Å². The molecule has 0 aromatic rings. The average molecular weight is 128 g/mol. The Balaban J connectivity index is 3.04. The van der Waals surface area contributed by atoms with Crippen LogP contribution in [0.3, 0.4) is 0 Å². The maximum absolute atomic E-state index is 5.46. The van der Waals surface area contributed by atoms with Crippen LogP contribution in [0.15, 0.2) is 12.2 Å². The van der Waals surface area contributed by atoms with Crippen molar-refractivity contribution in [2.75, 3.05) is 13.1 Å².